The van der Waals surface area contributed by atoms with E-state index in [4.69, 9.17) is 0 Å². The highest BCUT2D eigenvalue weighted by Gasteiger charge is 2.14. The van der Waals surface area contributed by atoms with Gasteiger partial charge in [0.15, 0.2) is 0 Å². The van der Waals surface area contributed by atoms with Gasteiger partial charge in [0, 0.05) is 29.2 Å². The summed E-state index contributed by atoms with van der Waals surface area (Å²) in [6.07, 6.45) is 2.20. The van der Waals surface area contributed by atoms with Crippen LogP contribution >= 0.6 is 0 Å². The maximum atomic E-state index is 11.1. The Morgan fingerprint density at radius 2 is 0.972 bits per heavy atom. The second-order valence-electron chi connectivity index (χ2n) is 8.33. The molecule has 0 aromatic heterocycles. The second-order valence-corrected chi connectivity index (χ2v) is 8.33. The Hall–Kier alpha value is -4.96. The van der Waals surface area contributed by atoms with Crippen molar-refractivity contribution >= 4 is 34.4 Å². The standard InChI is InChI=1S/C32H24N2O2/c35-34(36)31-22-20-30(21-23-31)33(28-14-8-3-9-15-28)29-18-16-25(17-19-29)24-32(26-10-4-1-5-11-26)27-12-6-2-7-13-27/h1-24H. The number of hydrogen-bond donors (Lipinski definition) is 0. The molecule has 0 bridgehead atoms. The first-order chi connectivity index (χ1) is 17.7. The van der Waals surface area contributed by atoms with Gasteiger partial charge in [0.05, 0.1) is 4.92 Å². The van der Waals surface area contributed by atoms with Crippen molar-refractivity contribution in [3.63, 3.8) is 0 Å². The van der Waals surface area contributed by atoms with Crippen molar-refractivity contribution in [1.29, 1.82) is 0 Å². The van der Waals surface area contributed by atoms with Crippen LogP contribution < -0.4 is 4.90 Å². The minimum Gasteiger partial charge on any atom is -0.310 e. The van der Waals surface area contributed by atoms with Crippen molar-refractivity contribution in [3.05, 3.63) is 166 Å². The number of nitro groups is 1. The molecule has 0 fully saturated rings. The Morgan fingerprint density at radius 3 is 1.44 bits per heavy atom. The van der Waals surface area contributed by atoms with Gasteiger partial charge in [-0.05, 0) is 64.7 Å². The molecule has 5 aromatic rings. The van der Waals surface area contributed by atoms with Crippen molar-refractivity contribution < 1.29 is 4.92 Å². The summed E-state index contributed by atoms with van der Waals surface area (Å²) in [5, 5.41) is 11.1. The Labute approximate surface area is 210 Å². The monoisotopic (exact) mass is 468 g/mol. The molecule has 5 aromatic carbocycles. The molecule has 0 saturated heterocycles. The minimum atomic E-state index is -0.380. The first-order valence-corrected chi connectivity index (χ1v) is 11.7. The number of anilines is 3. The minimum absolute atomic E-state index is 0.0709. The van der Waals surface area contributed by atoms with Gasteiger partial charge in [0.25, 0.3) is 5.69 Å². The van der Waals surface area contributed by atoms with E-state index in [-0.39, 0.29) is 10.6 Å². The van der Waals surface area contributed by atoms with E-state index in [0.717, 1.165) is 39.3 Å². The van der Waals surface area contributed by atoms with Gasteiger partial charge in [-0.3, -0.25) is 10.1 Å². The fraction of sp³-hybridized carbons (Fsp3) is 0. The quantitative estimate of drug-likeness (QED) is 0.136. The first kappa shape index (κ1) is 22.8. The summed E-state index contributed by atoms with van der Waals surface area (Å²) in [7, 11) is 0. The van der Waals surface area contributed by atoms with E-state index in [9.17, 15) is 10.1 Å². The number of para-hydroxylation sites is 1. The number of nitrogens with zero attached hydrogens (tertiary/aromatic N) is 2. The van der Waals surface area contributed by atoms with Gasteiger partial charge in [-0.2, -0.15) is 0 Å². The average molecular weight is 469 g/mol. The predicted molar refractivity (Wildman–Crippen MR) is 148 cm³/mol. The van der Waals surface area contributed by atoms with E-state index in [0.29, 0.717) is 0 Å². The van der Waals surface area contributed by atoms with Crippen LogP contribution in [0, 0.1) is 10.1 Å². The number of benzene rings is 5. The first-order valence-electron chi connectivity index (χ1n) is 11.7. The van der Waals surface area contributed by atoms with E-state index >= 15 is 0 Å². The highest BCUT2D eigenvalue weighted by molar-refractivity contribution is 5.91. The molecule has 0 spiro atoms. The summed E-state index contributed by atoms with van der Waals surface area (Å²) in [6, 6.07) is 45.7. The van der Waals surface area contributed by atoms with E-state index in [1.807, 2.05) is 42.5 Å². The molecule has 0 aliphatic carbocycles. The summed E-state index contributed by atoms with van der Waals surface area (Å²) in [5.41, 5.74) is 7.41. The van der Waals surface area contributed by atoms with E-state index in [2.05, 4.69) is 83.8 Å². The summed E-state index contributed by atoms with van der Waals surface area (Å²) < 4.78 is 0. The molecule has 0 atom stereocenters. The molecule has 4 nitrogen and oxygen atoms in total. The predicted octanol–water partition coefficient (Wildman–Crippen LogP) is 8.65. The number of hydrogen-bond acceptors (Lipinski definition) is 3. The van der Waals surface area contributed by atoms with Crippen molar-refractivity contribution in [3.8, 4) is 0 Å². The highest BCUT2D eigenvalue weighted by atomic mass is 16.6. The Kier molecular flexibility index (Phi) is 6.68. The lowest BCUT2D eigenvalue weighted by Gasteiger charge is -2.25. The topological polar surface area (TPSA) is 46.4 Å². The van der Waals surface area contributed by atoms with E-state index in [1.165, 1.54) is 12.1 Å². The SMILES string of the molecule is O=[N+]([O-])c1ccc(N(c2ccccc2)c2ccc(C=C(c3ccccc3)c3ccccc3)cc2)cc1. The van der Waals surface area contributed by atoms with Crippen LogP contribution in [0.3, 0.4) is 0 Å². The van der Waals surface area contributed by atoms with Crippen LogP contribution in [0.15, 0.2) is 140 Å². The van der Waals surface area contributed by atoms with E-state index < -0.39 is 0 Å². The Bertz CT molecular complexity index is 1420. The summed E-state index contributed by atoms with van der Waals surface area (Å²) in [5.74, 6) is 0. The lowest BCUT2D eigenvalue weighted by Crippen LogP contribution is -2.09. The zero-order chi connectivity index (χ0) is 24.7. The third kappa shape index (κ3) is 5.08. The molecule has 0 unspecified atom stereocenters. The molecule has 5 rings (SSSR count). The average Bonchev–Trinajstić information content (AvgIpc) is 2.94. The van der Waals surface area contributed by atoms with Crippen LogP contribution in [0.2, 0.25) is 0 Å². The lowest BCUT2D eigenvalue weighted by molar-refractivity contribution is -0.384. The van der Waals surface area contributed by atoms with Crippen molar-refractivity contribution in [2.45, 2.75) is 0 Å². The molecule has 0 aliphatic heterocycles. The van der Waals surface area contributed by atoms with Gasteiger partial charge >= 0.3 is 0 Å². The largest absolute Gasteiger partial charge is 0.310 e. The Morgan fingerprint density at radius 1 is 0.556 bits per heavy atom. The van der Waals surface area contributed by atoms with Crippen molar-refractivity contribution in [2.24, 2.45) is 0 Å². The third-order valence-electron chi connectivity index (χ3n) is 5.96. The van der Waals surface area contributed by atoms with Crippen LogP contribution in [-0.2, 0) is 0 Å². The zero-order valence-electron chi connectivity index (χ0n) is 19.6. The van der Waals surface area contributed by atoms with Crippen molar-refractivity contribution in [1.82, 2.24) is 0 Å². The summed E-state index contributed by atoms with van der Waals surface area (Å²) >= 11 is 0. The third-order valence-corrected chi connectivity index (χ3v) is 5.96. The number of nitro benzene ring substituents is 1. The van der Waals surface area contributed by atoms with Gasteiger partial charge in [-0.25, -0.2) is 0 Å². The molecule has 174 valence electrons. The molecule has 0 aliphatic rings. The molecule has 0 radical (unpaired) electrons. The molecule has 0 amide bonds. The van der Waals surface area contributed by atoms with Crippen LogP contribution in [0.5, 0.6) is 0 Å². The van der Waals surface area contributed by atoms with Crippen LogP contribution in [-0.4, -0.2) is 4.92 Å². The fourth-order valence-electron chi connectivity index (χ4n) is 4.20. The van der Waals surface area contributed by atoms with Gasteiger partial charge in [0.2, 0.25) is 0 Å². The maximum Gasteiger partial charge on any atom is 0.269 e. The van der Waals surface area contributed by atoms with Gasteiger partial charge in [-0.15, -0.1) is 0 Å². The van der Waals surface area contributed by atoms with Crippen LogP contribution in [0.1, 0.15) is 16.7 Å². The van der Waals surface area contributed by atoms with Gasteiger partial charge in [0.1, 0.15) is 0 Å². The summed E-state index contributed by atoms with van der Waals surface area (Å²) in [6.45, 7) is 0. The van der Waals surface area contributed by atoms with Gasteiger partial charge < -0.3 is 4.90 Å². The molecular weight excluding hydrogens is 444 g/mol. The molecule has 0 heterocycles. The maximum absolute atomic E-state index is 11.1. The van der Waals surface area contributed by atoms with Crippen molar-refractivity contribution in [2.75, 3.05) is 4.90 Å². The molecule has 0 N–H and O–H groups in total. The molecular formula is C32H24N2O2. The molecule has 36 heavy (non-hydrogen) atoms. The normalized spacial score (nSPS) is 10.4. The van der Waals surface area contributed by atoms with Gasteiger partial charge in [-0.1, -0.05) is 91.0 Å². The summed E-state index contributed by atoms with van der Waals surface area (Å²) in [4.78, 5) is 12.8. The molecule has 0 saturated carbocycles. The van der Waals surface area contributed by atoms with Crippen LogP contribution in [0.4, 0.5) is 22.7 Å². The molecule has 4 heteroatoms. The van der Waals surface area contributed by atoms with Crippen LogP contribution in [0.25, 0.3) is 11.6 Å². The van der Waals surface area contributed by atoms with E-state index in [1.54, 1.807) is 12.1 Å². The highest BCUT2D eigenvalue weighted by Crippen LogP contribution is 2.35. The second kappa shape index (κ2) is 10.5. The smallest absolute Gasteiger partial charge is 0.269 e. The Balaban J connectivity index is 1.54. The zero-order valence-corrected chi connectivity index (χ0v) is 19.6. The number of non-ortho nitro benzene ring substituents is 1. The fourth-order valence-corrected chi connectivity index (χ4v) is 4.20. The number of rotatable bonds is 7. The lowest BCUT2D eigenvalue weighted by atomic mass is 9.95.